The number of aromatic amines is 1. The van der Waals surface area contributed by atoms with Gasteiger partial charge in [-0.25, -0.2) is 4.79 Å². The summed E-state index contributed by atoms with van der Waals surface area (Å²) in [5, 5.41) is 24.4. The highest BCUT2D eigenvalue weighted by atomic mass is 16.4. The van der Waals surface area contributed by atoms with Crippen LogP contribution in [-0.4, -0.2) is 57.7 Å². The predicted molar refractivity (Wildman–Crippen MR) is 108 cm³/mol. The van der Waals surface area contributed by atoms with Crippen molar-refractivity contribution in [1.82, 2.24) is 15.6 Å². The maximum absolute atomic E-state index is 12.4. The summed E-state index contributed by atoms with van der Waals surface area (Å²) in [6, 6.07) is 4.26. The molecule has 29 heavy (non-hydrogen) atoms. The molecule has 0 saturated heterocycles. The molecule has 0 aliphatic rings. The molecule has 1 heterocycles. The highest BCUT2D eigenvalue weighted by Crippen LogP contribution is 2.18. The standard InChI is InChI=1S/C20H28N4O5/c1-11(2)7-16(20(28)29)23-19(27)17(10-25)24-18(26)14(21)8-12-9-22-15-6-4-3-5-13(12)15/h3-6,9,11,14,16-17,22,25H,7-8,10,21H2,1-2H3,(H,23,27)(H,24,26)(H,28,29)/t14-,16-,17-/m0/s1. The molecule has 9 nitrogen and oxygen atoms in total. The molecule has 2 rings (SSSR count). The first-order chi connectivity index (χ1) is 13.7. The monoisotopic (exact) mass is 404 g/mol. The first-order valence-corrected chi connectivity index (χ1v) is 9.47. The highest BCUT2D eigenvalue weighted by molar-refractivity contribution is 5.92. The van der Waals surface area contributed by atoms with Gasteiger partial charge >= 0.3 is 5.97 Å². The summed E-state index contributed by atoms with van der Waals surface area (Å²) in [5.41, 5.74) is 7.77. The smallest absolute Gasteiger partial charge is 0.326 e. The number of hydrogen-bond donors (Lipinski definition) is 6. The van der Waals surface area contributed by atoms with Crippen molar-refractivity contribution in [3.05, 3.63) is 36.0 Å². The molecule has 0 radical (unpaired) electrons. The quantitative estimate of drug-likeness (QED) is 0.330. The maximum atomic E-state index is 12.4. The molecular weight excluding hydrogens is 376 g/mol. The molecule has 0 unspecified atom stereocenters. The third kappa shape index (κ3) is 6.03. The molecule has 1 aromatic carbocycles. The number of carbonyl (C=O) groups is 3. The first kappa shape index (κ1) is 22.4. The maximum Gasteiger partial charge on any atom is 0.326 e. The lowest BCUT2D eigenvalue weighted by molar-refractivity contribution is -0.143. The average Bonchev–Trinajstić information content (AvgIpc) is 3.07. The molecule has 3 atom stereocenters. The molecule has 9 heteroatoms. The fourth-order valence-corrected chi connectivity index (χ4v) is 3.07. The molecule has 0 spiro atoms. The number of aliphatic hydroxyl groups excluding tert-OH is 1. The second-order valence-electron chi connectivity index (χ2n) is 7.44. The number of carbonyl (C=O) groups excluding carboxylic acids is 2. The van der Waals surface area contributed by atoms with Crippen molar-refractivity contribution in [3.8, 4) is 0 Å². The van der Waals surface area contributed by atoms with Gasteiger partial charge < -0.3 is 31.6 Å². The summed E-state index contributed by atoms with van der Waals surface area (Å²) < 4.78 is 0. The second kappa shape index (κ2) is 10.0. The highest BCUT2D eigenvalue weighted by Gasteiger charge is 2.28. The van der Waals surface area contributed by atoms with Gasteiger partial charge in [-0.05, 0) is 30.4 Å². The number of carboxylic acids is 1. The van der Waals surface area contributed by atoms with E-state index in [0.717, 1.165) is 16.5 Å². The van der Waals surface area contributed by atoms with Crippen molar-refractivity contribution in [2.45, 2.75) is 44.8 Å². The Morgan fingerprint density at radius 2 is 1.76 bits per heavy atom. The SMILES string of the molecule is CC(C)C[C@H](NC(=O)[C@H](CO)NC(=O)[C@@H](N)Cc1c[nH]c2ccccc12)C(=O)O. The number of H-pyrrole nitrogens is 1. The minimum absolute atomic E-state index is 0.0446. The first-order valence-electron chi connectivity index (χ1n) is 9.47. The van der Waals surface area contributed by atoms with E-state index in [1.807, 2.05) is 38.1 Å². The molecule has 0 saturated carbocycles. The van der Waals surface area contributed by atoms with E-state index in [9.17, 15) is 24.6 Å². The van der Waals surface area contributed by atoms with Crippen LogP contribution in [-0.2, 0) is 20.8 Å². The number of fused-ring (bicyclic) bond motifs is 1. The van der Waals surface area contributed by atoms with Gasteiger partial charge in [-0.2, -0.15) is 0 Å². The lowest BCUT2D eigenvalue weighted by atomic mass is 10.0. The van der Waals surface area contributed by atoms with Crippen molar-refractivity contribution in [1.29, 1.82) is 0 Å². The number of rotatable bonds is 10. The molecule has 1 aromatic heterocycles. The number of amides is 2. The zero-order valence-electron chi connectivity index (χ0n) is 16.5. The predicted octanol–water partition coefficient (Wildman–Crippen LogP) is 0.130. The molecule has 158 valence electrons. The number of hydrogen-bond acceptors (Lipinski definition) is 5. The van der Waals surface area contributed by atoms with Crippen LogP contribution in [0.25, 0.3) is 10.9 Å². The van der Waals surface area contributed by atoms with E-state index in [0.29, 0.717) is 0 Å². The summed E-state index contributed by atoms with van der Waals surface area (Å²) in [6.07, 6.45) is 2.24. The van der Waals surface area contributed by atoms with Crippen LogP contribution >= 0.6 is 0 Å². The largest absolute Gasteiger partial charge is 0.480 e. The Morgan fingerprint density at radius 1 is 1.10 bits per heavy atom. The Bertz CT molecular complexity index is 863. The zero-order valence-corrected chi connectivity index (χ0v) is 16.5. The van der Waals surface area contributed by atoms with Gasteiger partial charge in [0.05, 0.1) is 12.6 Å². The van der Waals surface area contributed by atoms with Crippen LogP contribution in [0.1, 0.15) is 25.8 Å². The Balaban J connectivity index is 1.98. The summed E-state index contributed by atoms with van der Waals surface area (Å²) >= 11 is 0. The van der Waals surface area contributed by atoms with E-state index in [1.165, 1.54) is 0 Å². The third-order valence-corrected chi connectivity index (χ3v) is 4.59. The normalized spacial score (nSPS) is 14.4. The van der Waals surface area contributed by atoms with Gasteiger partial charge in [0.15, 0.2) is 0 Å². The molecule has 0 bridgehead atoms. The van der Waals surface area contributed by atoms with E-state index >= 15 is 0 Å². The summed E-state index contributed by atoms with van der Waals surface area (Å²) in [4.78, 5) is 39.2. The molecule has 7 N–H and O–H groups in total. The van der Waals surface area contributed by atoms with Crippen LogP contribution in [0.2, 0.25) is 0 Å². The lowest BCUT2D eigenvalue weighted by Gasteiger charge is -2.22. The van der Waals surface area contributed by atoms with E-state index in [1.54, 1.807) is 6.20 Å². The number of aliphatic carboxylic acids is 1. The topological polar surface area (TPSA) is 158 Å². The van der Waals surface area contributed by atoms with E-state index in [-0.39, 0.29) is 18.8 Å². The van der Waals surface area contributed by atoms with Gasteiger partial charge in [-0.1, -0.05) is 32.0 Å². The molecule has 2 aromatic rings. The number of benzene rings is 1. The Kier molecular flexibility index (Phi) is 7.74. The Hall–Kier alpha value is -2.91. The third-order valence-electron chi connectivity index (χ3n) is 4.59. The summed E-state index contributed by atoms with van der Waals surface area (Å²) in [5.74, 6) is -2.51. The van der Waals surface area contributed by atoms with E-state index < -0.39 is 42.5 Å². The number of para-hydroxylation sites is 1. The fraction of sp³-hybridized carbons (Fsp3) is 0.450. The second-order valence-corrected chi connectivity index (χ2v) is 7.44. The van der Waals surface area contributed by atoms with Crippen LogP contribution in [0.3, 0.4) is 0 Å². The zero-order chi connectivity index (χ0) is 21.6. The van der Waals surface area contributed by atoms with Gasteiger partial charge in [0.1, 0.15) is 12.1 Å². The van der Waals surface area contributed by atoms with Crippen molar-refractivity contribution in [3.63, 3.8) is 0 Å². The van der Waals surface area contributed by atoms with Crippen LogP contribution in [0.15, 0.2) is 30.5 Å². The Morgan fingerprint density at radius 3 is 2.38 bits per heavy atom. The van der Waals surface area contributed by atoms with Gasteiger partial charge in [0.25, 0.3) is 0 Å². The van der Waals surface area contributed by atoms with Gasteiger partial charge in [-0.15, -0.1) is 0 Å². The van der Waals surface area contributed by atoms with Crippen molar-refractivity contribution in [2.24, 2.45) is 11.7 Å². The molecule has 2 amide bonds. The van der Waals surface area contributed by atoms with Crippen LogP contribution < -0.4 is 16.4 Å². The minimum atomic E-state index is -1.29. The summed E-state index contributed by atoms with van der Waals surface area (Å²) in [7, 11) is 0. The number of aliphatic hydroxyl groups is 1. The number of nitrogens with two attached hydrogens (primary N) is 1. The summed E-state index contributed by atoms with van der Waals surface area (Å²) in [6.45, 7) is 2.99. The fourth-order valence-electron chi connectivity index (χ4n) is 3.07. The number of aromatic nitrogens is 1. The molecule has 0 aliphatic carbocycles. The van der Waals surface area contributed by atoms with Gasteiger partial charge in [-0.3, -0.25) is 9.59 Å². The molecule has 0 aliphatic heterocycles. The van der Waals surface area contributed by atoms with Gasteiger partial charge in [0.2, 0.25) is 11.8 Å². The van der Waals surface area contributed by atoms with E-state index in [2.05, 4.69) is 15.6 Å². The number of carboxylic acid groups (broad SMARTS) is 1. The number of nitrogens with one attached hydrogen (secondary N) is 3. The molecular formula is C20H28N4O5. The lowest BCUT2D eigenvalue weighted by Crippen LogP contribution is -2.56. The van der Waals surface area contributed by atoms with Crippen molar-refractivity contribution in [2.75, 3.05) is 6.61 Å². The van der Waals surface area contributed by atoms with E-state index in [4.69, 9.17) is 5.73 Å². The molecule has 0 fully saturated rings. The van der Waals surface area contributed by atoms with Crippen LogP contribution in [0.5, 0.6) is 0 Å². The van der Waals surface area contributed by atoms with Gasteiger partial charge in [0, 0.05) is 17.1 Å². The van der Waals surface area contributed by atoms with Crippen molar-refractivity contribution >= 4 is 28.7 Å². The average molecular weight is 404 g/mol. The van der Waals surface area contributed by atoms with Crippen LogP contribution in [0.4, 0.5) is 0 Å². The van der Waals surface area contributed by atoms with Crippen LogP contribution in [0, 0.1) is 5.92 Å². The minimum Gasteiger partial charge on any atom is -0.480 e. The van der Waals surface area contributed by atoms with Crippen molar-refractivity contribution < 1.29 is 24.6 Å². The Labute approximate surface area is 168 Å².